The van der Waals surface area contributed by atoms with Crippen LogP contribution in [0.25, 0.3) is 11.6 Å². The van der Waals surface area contributed by atoms with Crippen molar-refractivity contribution < 1.29 is 18.4 Å². The quantitative estimate of drug-likeness (QED) is 0.480. The third-order valence-corrected chi connectivity index (χ3v) is 5.51. The number of nitrogens with zero attached hydrogens (tertiary/aromatic N) is 4. The van der Waals surface area contributed by atoms with Crippen molar-refractivity contribution in [3.63, 3.8) is 0 Å². The molecule has 1 fully saturated rings. The monoisotopic (exact) mass is 412 g/mol. The van der Waals surface area contributed by atoms with E-state index in [1.165, 1.54) is 24.3 Å². The summed E-state index contributed by atoms with van der Waals surface area (Å²) in [5.41, 5.74) is 1.63. The molecule has 0 atom stereocenters. The van der Waals surface area contributed by atoms with E-state index in [0.29, 0.717) is 59.6 Å². The summed E-state index contributed by atoms with van der Waals surface area (Å²) in [5.74, 6) is 0.823. The van der Waals surface area contributed by atoms with Crippen LogP contribution in [0.2, 0.25) is 0 Å². The van der Waals surface area contributed by atoms with Crippen LogP contribution < -0.4 is 0 Å². The zero-order valence-corrected chi connectivity index (χ0v) is 16.9. The van der Waals surface area contributed by atoms with Gasteiger partial charge in [-0.05, 0) is 31.4 Å². The molecule has 9 heteroatoms. The first kappa shape index (κ1) is 19.3. The maximum Gasteiger partial charge on any atom is 0.258 e. The first-order valence-corrected chi connectivity index (χ1v) is 10.4. The first-order valence-electron chi connectivity index (χ1n) is 9.15. The molecule has 1 aliphatic heterocycles. The Morgan fingerprint density at radius 2 is 1.76 bits per heavy atom. The van der Waals surface area contributed by atoms with E-state index in [2.05, 4.69) is 9.97 Å². The molecule has 1 saturated heterocycles. The van der Waals surface area contributed by atoms with Crippen LogP contribution in [-0.4, -0.2) is 64.0 Å². The molecule has 0 aliphatic carbocycles. The molecule has 0 radical (unpaired) electrons. The number of thioether (sulfide) groups is 1. The fourth-order valence-corrected chi connectivity index (χ4v) is 3.91. The fourth-order valence-electron chi connectivity index (χ4n) is 3.30. The molecule has 2 amide bonds. The predicted molar refractivity (Wildman–Crippen MR) is 107 cm³/mol. The third-order valence-electron chi connectivity index (χ3n) is 4.83. The molecule has 1 aliphatic rings. The molecular formula is C20H20N4O4S. The highest BCUT2D eigenvalue weighted by Gasteiger charge is 2.29. The highest BCUT2D eigenvalue weighted by Crippen LogP contribution is 2.26. The highest BCUT2D eigenvalue weighted by molar-refractivity contribution is 7.98. The van der Waals surface area contributed by atoms with Crippen molar-refractivity contribution in [3.8, 4) is 11.6 Å². The SMILES string of the molecule is CSc1nc(-c2ccco2)nc(C)c1C(=O)N1CCN(C(=O)c2ccoc2)CC1. The minimum atomic E-state index is -0.117. The average Bonchev–Trinajstić information content (AvgIpc) is 3.46. The number of piperazine rings is 1. The van der Waals surface area contributed by atoms with Gasteiger partial charge in [0.05, 0.1) is 29.3 Å². The molecule has 0 N–H and O–H groups in total. The lowest BCUT2D eigenvalue weighted by atomic mass is 10.1. The molecule has 4 rings (SSSR count). The molecule has 29 heavy (non-hydrogen) atoms. The number of carbonyl (C=O) groups excluding carboxylic acids is 2. The summed E-state index contributed by atoms with van der Waals surface area (Å²) in [4.78, 5) is 38.1. The fraction of sp³-hybridized carbons (Fsp3) is 0.300. The molecular weight excluding hydrogens is 392 g/mol. The molecule has 8 nitrogen and oxygen atoms in total. The van der Waals surface area contributed by atoms with Gasteiger partial charge in [0.1, 0.15) is 11.3 Å². The van der Waals surface area contributed by atoms with Crippen molar-refractivity contribution in [2.75, 3.05) is 32.4 Å². The Morgan fingerprint density at radius 1 is 1.03 bits per heavy atom. The topological polar surface area (TPSA) is 92.7 Å². The van der Waals surface area contributed by atoms with Gasteiger partial charge in [0.15, 0.2) is 11.6 Å². The van der Waals surface area contributed by atoms with Crippen LogP contribution in [0.1, 0.15) is 26.4 Å². The van der Waals surface area contributed by atoms with Gasteiger partial charge >= 0.3 is 0 Å². The lowest BCUT2D eigenvalue weighted by molar-refractivity contribution is 0.0532. The van der Waals surface area contributed by atoms with Gasteiger partial charge in [0.25, 0.3) is 11.8 Å². The minimum absolute atomic E-state index is 0.0852. The Morgan fingerprint density at radius 3 is 2.34 bits per heavy atom. The van der Waals surface area contributed by atoms with Crippen molar-refractivity contribution in [3.05, 3.63) is 53.8 Å². The second-order valence-electron chi connectivity index (χ2n) is 6.59. The molecule has 0 spiro atoms. The summed E-state index contributed by atoms with van der Waals surface area (Å²) in [5, 5.41) is 0.616. The van der Waals surface area contributed by atoms with E-state index < -0.39 is 0 Å². The van der Waals surface area contributed by atoms with Crippen molar-refractivity contribution >= 4 is 23.6 Å². The number of rotatable bonds is 4. The molecule has 0 unspecified atom stereocenters. The zero-order valence-electron chi connectivity index (χ0n) is 16.1. The van der Waals surface area contributed by atoms with Gasteiger partial charge in [-0.15, -0.1) is 11.8 Å². The Hall–Kier alpha value is -3.07. The molecule has 150 valence electrons. The summed E-state index contributed by atoms with van der Waals surface area (Å²) < 4.78 is 10.4. The second kappa shape index (κ2) is 8.12. The number of aromatic nitrogens is 2. The molecule has 4 heterocycles. The van der Waals surface area contributed by atoms with Gasteiger partial charge in [-0.1, -0.05) is 0 Å². The molecule has 0 saturated carbocycles. The van der Waals surface area contributed by atoms with Gasteiger partial charge in [-0.2, -0.15) is 0 Å². The Bertz CT molecular complexity index is 1010. The Labute approximate surface area is 171 Å². The molecule has 0 bridgehead atoms. The number of hydrogen-bond acceptors (Lipinski definition) is 7. The number of aryl methyl sites for hydroxylation is 1. The zero-order chi connectivity index (χ0) is 20.4. The Balaban J connectivity index is 1.51. The molecule has 3 aromatic heterocycles. The highest BCUT2D eigenvalue weighted by atomic mass is 32.2. The summed E-state index contributed by atoms with van der Waals surface area (Å²) in [6.45, 7) is 3.65. The smallest absolute Gasteiger partial charge is 0.258 e. The number of carbonyl (C=O) groups is 2. The molecule has 0 aromatic carbocycles. The van der Waals surface area contributed by atoms with Gasteiger partial charge in [0.2, 0.25) is 0 Å². The first-order chi connectivity index (χ1) is 14.1. The Kier molecular flexibility index (Phi) is 5.39. The largest absolute Gasteiger partial charge is 0.472 e. The number of amides is 2. The van der Waals surface area contributed by atoms with Gasteiger partial charge in [-0.3, -0.25) is 9.59 Å². The van der Waals surface area contributed by atoms with E-state index in [1.54, 1.807) is 41.2 Å². The van der Waals surface area contributed by atoms with E-state index in [0.717, 1.165) is 0 Å². The van der Waals surface area contributed by atoms with Crippen molar-refractivity contribution in [2.45, 2.75) is 11.9 Å². The summed E-state index contributed by atoms with van der Waals surface area (Å²) in [7, 11) is 0. The number of hydrogen-bond donors (Lipinski definition) is 0. The summed E-state index contributed by atoms with van der Waals surface area (Å²) >= 11 is 1.40. The van der Waals surface area contributed by atoms with Crippen molar-refractivity contribution in [1.29, 1.82) is 0 Å². The van der Waals surface area contributed by atoms with E-state index >= 15 is 0 Å². The van der Waals surface area contributed by atoms with Crippen molar-refractivity contribution in [2.24, 2.45) is 0 Å². The van der Waals surface area contributed by atoms with Crippen LogP contribution in [-0.2, 0) is 0 Å². The van der Waals surface area contributed by atoms with Crippen LogP contribution >= 0.6 is 11.8 Å². The molecule has 3 aromatic rings. The lowest BCUT2D eigenvalue weighted by Gasteiger charge is -2.35. The van der Waals surface area contributed by atoms with Crippen LogP contribution in [0, 0.1) is 6.92 Å². The van der Waals surface area contributed by atoms with E-state index in [-0.39, 0.29) is 11.8 Å². The summed E-state index contributed by atoms with van der Waals surface area (Å²) in [6, 6.07) is 5.21. The third kappa shape index (κ3) is 3.77. The van der Waals surface area contributed by atoms with Crippen LogP contribution in [0.15, 0.2) is 50.8 Å². The standard InChI is InChI=1S/C20H20N4O4S/c1-13-16(18(29-2)22-17(21-13)15-4-3-10-28-15)20(26)24-8-6-23(7-9-24)19(25)14-5-11-27-12-14/h3-5,10-12H,6-9H2,1-2H3. The lowest BCUT2D eigenvalue weighted by Crippen LogP contribution is -2.50. The minimum Gasteiger partial charge on any atom is -0.472 e. The second-order valence-corrected chi connectivity index (χ2v) is 7.39. The van der Waals surface area contributed by atoms with E-state index in [9.17, 15) is 9.59 Å². The maximum absolute atomic E-state index is 13.2. The maximum atomic E-state index is 13.2. The average molecular weight is 412 g/mol. The van der Waals surface area contributed by atoms with Crippen LogP contribution in [0.5, 0.6) is 0 Å². The van der Waals surface area contributed by atoms with Gasteiger partial charge < -0.3 is 18.6 Å². The van der Waals surface area contributed by atoms with Crippen LogP contribution in [0.4, 0.5) is 0 Å². The van der Waals surface area contributed by atoms with Gasteiger partial charge in [-0.25, -0.2) is 9.97 Å². The van der Waals surface area contributed by atoms with Gasteiger partial charge in [0, 0.05) is 26.2 Å². The van der Waals surface area contributed by atoms with Crippen LogP contribution in [0.3, 0.4) is 0 Å². The normalized spacial score (nSPS) is 14.3. The van der Waals surface area contributed by atoms with E-state index in [1.807, 2.05) is 6.26 Å². The summed E-state index contributed by atoms with van der Waals surface area (Å²) in [6.07, 6.45) is 6.36. The number of furan rings is 2. The van der Waals surface area contributed by atoms with E-state index in [4.69, 9.17) is 8.83 Å². The van der Waals surface area contributed by atoms with Crippen molar-refractivity contribution in [1.82, 2.24) is 19.8 Å². The predicted octanol–water partition coefficient (Wildman–Crippen LogP) is 2.96.